The van der Waals surface area contributed by atoms with Crippen LogP contribution in [-0.4, -0.2) is 20.1 Å². The number of pyridine rings is 1. The highest BCUT2D eigenvalue weighted by Crippen LogP contribution is 2.41. The van der Waals surface area contributed by atoms with Crippen LogP contribution in [0.15, 0.2) is 116 Å². The Hall–Kier alpha value is -4.09. The van der Waals surface area contributed by atoms with Gasteiger partial charge in [0.05, 0.1) is 34.8 Å². The van der Waals surface area contributed by atoms with Gasteiger partial charge < -0.3 is 10.4 Å². The number of rotatable bonds is 7. The second-order valence-corrected chi connectivity index (χ2v) is 7.91. The molecule has 162 valence electrons. The van der Waals surface area contributed by atoms with Gasteiger partial charge in [0.15, 0.2) is 0 Å². The lowest BCUT2D eigenvalue weighted by molar-refractivity contribution is 0.133. The second kappa shape index (κ2) is 9.59. The van der Waals surface area contributed by atoms with Gasteiger partial charge in [-0.15, -0.1) is 0 Å². The van der Waals surface area contributed by atoms with Crippen LogP contribution < -0.4 is 5.32 Å². The summed E-state index contributed by atoms with van der Waals surface area (Å²) in [6.45, 7) is 0. The van der Waals surface area contributed by atoms with Crippen LogP contribution in [-0.2, 0) is 0 Å². The third-order valence-electron chi connectivity index (χ3n) is 5.78. The van der Waals surface area contributed by atoms with Gasteiger partial charge in [0.25, 0.3) is 0 Å². The molecule has 5 rings (SSSR count). The highest BCUT2D eigenvalue weighted by molar-refractivity contribution is 5.73. The molecule has 0 amide bonds. The van der Waals surface area contributed by atoms with Crippen molar-refractivity contribution < 1.29 is 5.11 Å². The molecule has 0 fully saturated rings. The second-order valence-electron chi connectivity index (χ2n) is 7.91. The molecule has 0 saturated heterocycles. The zero-order valence-electron chi connectivity index (χ0n) is 18.0. The van der Waals surface area contributed by atoms with Gasteiger partial charge in [-0.1, -0.05) is 78.9 Å². The summed E-state index contributed by atoms with van der Waals surface area (Å²) in [5, 5.41) is 15.2. The number of nitrogens with zero attached hydrogens (tertiary/aromatic N) is 3. The van der Waals surface area contributed by atoms with E-state index in [1.807, 2.05) is 91.0 Å². The Morgan fingerprint density at radius 2 is 1.27 bits per heavy atom. The topological polar surface area (TPSA) is 70.9 Å². The number of benzene rings is 3. The van der Waals surface area contributed by atoms with E-state index >= 15 is 0 Å². The van der Waals surface area contributed by atoms with Gasteiger partial charge in [-0.05, 0) is 35.4 Å². The minimum absolute atomic E-state index is 0.299. The lowest BCUT2D eigenvalue weighted by atomic mass is 9.83. The van der Waals surface area contributed by atoms with Crippen molar-refractivity contribution in [3.05, 3.63) is 132 Å². The van der Waals surface area contributed by atoms with Crippen LogP contribution >= 0.6 is 0 Å². The largest absolute Gasteiger partial charge is 0.388 e. The van der Waals surface area contributed by atoms with Gasteiger partial charge in [0.1, 0.15) is 5.82 Å². The standard InChI is InChI=1S/C28H24N4O/c33-28(21-13-5-2-6-14-21)26(24-19-30-22-15-7-8-16-23(22)31-24)27(20-11-3-1-4-12-20)32-25-17-9-10-18-29-25/h1-19,26-28,33H,(H,29,32). The van der Waals surface area contributed by atoms with Crippen molar-refractivity contribution in [1.82, 2.24) is 15.0 Å². The zero-order chi connectivity index (χ0) is 22.5. The number of fused-ring (bicyclic) bond motifs is 1. The molecule has 2 heterocycles. The summed E-state index contributed by atoms with van der Waals surface area (Å²) in [7, 11) is 0. The molecule has 3 unspecified atom stereocenters. The van der Waals surface area contributed by atoms with Crippen LogP contribution in [0.25, 0.3) is 11.0 Å². The van der Waals surface area contributed by atoms with Crippen molar-refractivity contribution in [2.24, 2.45) is 0 Å². The van der Waals surface area contributed by atoms with E-state index in [1.165, 1.54) is 0 Å². The van der Waals surface area contributed by atoms with Crippen molar-refractivity contribution in [3.63, 3.8) is 0 Å². The Morgan fingerprint density at radius 1 is 0.636 bits per heavy atom. The average molecular weight is 433 g/mol. The van der Waals surface area contributed by atoms with Gasteiger partial charge >= 0.3 is 0 Å². The predicted molar refractivity (Wildman–Crippen MR) is 131 cm³/mol. The SMILES string of the molecule is OC(c1ccccc1)C(c1cnc2ccccc2n1)C(Nc1ccccn1)c1ccccc1. The molecule has 0 aliphatic rings. The number of hydrogen-bond donors (Lipinski definition) is 2. The minimum atomic E-state index is -0.817. The van der Waals surface area contributed by atoms with Gasteiger partial charge in [-0.25, -0.2) is 9.97 Å². The summed E-state index contributed by atoms with van der Waals surface area (Å²) in [4.78, 5) is 14.0. The van der Waals surface area contributed by atoms with E-state index in [1.54, 1.807) is 12.4 Å². The number of aliphatic hydroxyl groups excluding tert-OH is 1. The lowest BCUT2D eigenvalue weighted by Gasteiger charge is -2.32. The molecule has 3 aromatic carbocycles. The molecule has 3 atom stereocenters. The smallest absolute Gasteiger partial charge is 0.126 e. The van der Waals surface area contributed by atoms with Crippen LogP contribution in [0.5, 0.6) is 0 Å². The number of aliphatic hydroxyl groups is 1. The number of hydrogen-bond acceptors (Lipinski definition) is 5. The van der Waals surface area contributed by atoms with E-state index in [0.29, 0.717) is 5.69 Å². The van der Waals surface area contributed by atoms with E-state index in [-0.39, 0.29) is 6.04 Å². The summed E-state index contributed by atoms with van der Waals surface area (Å²) in [5.74, 6) is 0.305. The Bertz CT molecular complexity index is 1310. The number of para-hydroxylation sites is 2. The van der Waals surface area contributed by atoms with Crippen molar-refractivity contribution in [3.8, 4) is 0 Å². The molecule has 2 aromatic heterocycles. The van der Waals surface area contributed by atoms with Gasteiger partial charge in [0.2, 0.25) is 0 Å². The lowest BCUT2D eigenvalue weighted by Crippen LogP contribution is -2.26. The first kappa shape index (κ1) is 20.8. The van der Waals surface area contributed by atoms with Gasteiger partial charge in [0, 0.05) is 12.4 Å². The van der Waals surface area contributed by atoms with E-state index in [2.05, 4.69) is 27.4 Å². The first-order valence-corrected chi connectivity index (χ1v) is 11.0. The number of aromatic nitrogens is 3. The summed E-state index contributed by atoms with van der Waals surface area (Å²) < 4.78 is 0. The van der Waals surface area contributed by atoms with Crippen LogP contribution in [0, 0.1) is 0 Å². The normalized spacial score (nSPS) is 13.8. The van der Waals surface area contributed by atoms with Crippen molar-refractivity contribution in [2.45, 2.75) is 18.1 Å². The molecule has 0 saturated carbocycles. The zero-order valence-corrected chi connectivity index (χ0v) is 18.0. The molecule has 33 heavy (non-hydrogen) atoms. The van der Waals surface area contributed by atoms with Gasteiger partial charge in [-0.2, -0.15) is 0 Å². The summed E-state index contributed by atoms with van der Waals surface area (Å²) in [6, 6.07) is 33.0. The number of anilines is 1. The maximum Gasteiger partial charge on any atom is 0.126 e. The molecule has 0 spiro atoms. The molecule has 0 aliphatic heterocycles. The molecular weight excluding hydrogens is 408 g/mol. The molecule has 0 aliphatic carbocycles. The Morgan fingerprint density at radius 3 is 1.97 bits per heavy atom. The number of nitrogens with one attached hydrogen (secondary N) is 1. The Labute approximate surface area is 192 Å². The maximum absolute atomic E-state index is 11.7. The third kappa shape index (κ3) is 4.59. The maximum atomic E-state index is 11.7. The Kier molecular flexibility index (Phi) is 6.04. The predicted octanol–water partition coefficient (Wildman–Crippen LogP) is 5.70. The van der Waals surface area contributed by atoms with Crippen molar-refractivity contribution in [2.75, 3.05) is 5.32 Å². The van der Waals surface area contributed by atoms with E-state index in [0.717, 1.165) is 28.0 Å². The molecule has 5 nitrogen and oxygen atoms in total. The molecule has 0 bridgehead atoms. The highest BCUT2D eigenvalue weighted by Gasteiger charge is 2.34. The van der Waals surface area contributed by atoms with Crippen LogP contribution in [0.3, 0.4) is 0 Å². The molecule has 0 radical (unpaired) electrons. The van der Waals surface area contributed by atoms with Gasteiger partial charge in [-0.3, -0.25) is 4.98 Å². The van der Waals surface area contributed by atoms with Crippen molar-refractivity contribution >= 4 is 16.9 Å². The molecule has 5 heteroatoms. The summed E-state index contributed by atoms with van der Waals surface area (Å²) in [6.07, 6.45) is 2.71. The van der Waals surface area contributed by atoms with E-state index in [4.69, 9.17) is 4.98 Å². The molecular formula is C28H24N4O. The summed E-state index contributed by atoms with van der Waals surface area (Å²) in [5.41, 5.74) is 4.18. The highest BCUT2D eigenvalue weighted by atomic mass is 16.3. The molecule has 5 aromatic rings. The van der Waals surface area contributed by atoms with Crippen LogP contribution in [0.1, 0.15) is 34.9 Å². The summed E-state index contributed by atoms with van der Waals surface area (Å²) >= 11 is 0. The van der Waals surface area contributed by atoms with Crippen LogP contribution in [0.4, 0.5) is 5.82 Å². The first-order valence-electron chi connectivity index (χ1n) is 11.0. The quantitative estimate of drug-likeness (QED) is 0.345. The molecule has 2 N–H and O–H groups in total. The fourth-order valence-corrected chi connectivity index (χ4v) is 4.15. The fraction of sp³-hybridized carbons (Fsp3) is 0.107. The fourth-order valence-electron chi connectivity index (χ4n) is 4.15. The Balaban J connectivity index is 1.66. The van der Waals surface area contributed by atoms with E-state index < -0.39 is 12.0 Å². The average Bonchev–Trinajstić information content (AvgIpc) is 2.90. The minimum Gasteiger partial charge on any atom is -0.388 e. The monoisotopic (exact) mass is 432 g/mol. The third-order valence-corrected chi connectivity index (χ3v) is 5.78. The first-order chi connectivity index (χ1) is 16.3. The van der Waals surface area contributed by atoms with E-state index in [9.17, 15) is 5.11 Å². The van der Waals surface area contributed by atoms with Crippen LogP contribution in [0.2, 0.25) is 0 Å². The van der Waals surface area contributed by atoms with Crippen molar-refractivity contribution in [1.29, 1.82) is 0 Å².